The Morgan fingerprint density at radius 3 is 2.33 bits per heavy atom. The molecule has 7 heteroatoms. The molecule has 1 heterocycles. The second-order valence-corrected chi connectivity index (χ2v) is 9.19. The molecule has 0 spiro atoms. The molecule has 1 atom stereocenters. The Bertz CT molecular complexity index is 1280. The second-order valence-electron chi connectivity index (χ2n) is 9.19. The number of phenols is 1. The number of ether oxygens (including phenoxy) is 1. The zero-order chi connectivity index (χ0) is 25.8. The van der Waals surface area contributed by atoms with Gasteiger partial charge in [-0.2, -0.15) is 0 Å². The highest BCUT2D eigenvalue weighted by atomic mass is 16.5. The standard InChI is InChI=1S/C29H30N2O5/c1-19-5-4-6-20(17-19)18-36-24-13-9-22(10-14-24)27(33)25-26(21-7-11-23(32)12-8-21)31(16-15-30(2)3)29(35)28(25)34/h4-14,17,26,32-33H,15-16,18H2,1-3H3/t26-/m1/s1. The Hall–Kier alpha value is -4.10. The van der Waals surface area contributed by atoms with Crippen LogP contribution in [0.5, 0.6) is 11.5 Å². The topological polar surface area (TPSA) is 90.3 Å². The maximum absolute atomic E-state index is 13.1. The quantitative estimate of drug-likeness (QED) is 0.281. The van der Waals surface area contributed by atoms with Crippen molar-refractivity contribution >= 4 is 17.4 Å². The fourth-order valence-electron chi connectivity index (χ4n) is 4.25. The molecule has 1 saturated heterocycles. The first-order valence-electron chi connectivity index (χ1n) is 11.8. The molecule has 0 unspecified atom stereocenters. The summed E-state index contributed by atoms with van der Waals surface area (Å²) >= 11 is 0. The predicted molar refractivity (Wildman–Crippen MR) is 138 cm³/mol. The van der Waals surface area contributed by atoms with Crippen molar-refractivity contribution in [1.82, 2.24) is 9.80 Å². The number of aryl methyl sites for hydroxylation is 1. The minimum atomic E-state index is -0.761. The highest BCUT2D eigenvalue weighted by Crippen LogP contribution is 2.39. The lowest BCUT2D eigenvalue weighted by Gasteiger charge is -2.26. The highest BCUT2D eigenvalue weighted by Gasteiger charge is 2.45. The van der Waals surface area contributed by atoms with Gasteiger partial charge in [0.25, 0.3) is 11.7 Å². The number of aliphatic hydroxyl groups excluding tert-OH is 1. The third-order valence-corrected chi connectivity index (χ3v) is 6.15. The lowest BCUT2D eigenvalue weighted by molar-refractivity contribution is -0.140. The summed E-state index contributed by atoms with van der Waals surface area (Å²) in [5.74, 6) is -0.942. The molecule has 0 radical (unpaired) electrons. The maximum Gasteiger partial charge on any atom is 0.295 e. The molecule has 3 aromatic rings. The Balaban J connectivity index is 1.64. The molecule has 1 amide bonds. The van der Waals surface area contributed by atoms with Crippen LogP contribution in [0.3, 0.4) is 0 Å². The van der Waals surface area contributed by atoms with Crippen molar-refractivity contribution in [3.05, 3.63) is 101 Å². The average molecular weight is 487 g/mol. The van der Waals surface area contributed by atoms with E-state index >= 15 is 0 Å². The van der Waals surface area contributed by atoms with Crippen molar-refractivity contribution in [1.29, 1.82) is 0 Å². The van der Waals surface area contributed by atoms with Crippen molar-refractivity contribution in [2.24, 2.45) is 0 Å². The molecule has 7 nitrogen and oxygen atoms in total. The smallest absolute Gasteiger partial charge is 0.295 e. The number of likely N-dealkylation sites (N-methyl/N-ethyl adjacent to an activating group) is 1. The Morgan fingerprint density at radius 2 is 1.69 bits per heavy atom. The number of Topliss-reactive ketones (excluding diaryl/α,β-unsaturated/α-hetero) is 1. The third-order valence-electron chi connectivity index (χ3n) is 6.15. The van der Waals surface area contributed by atoms with Crippen LogP contribution < -0.4 is 4.74 Å². The third kappa shape index (κ3) is 5.42. The van der Waals surface area contributed by atoms with Gasteiger partial charge in [-0.1, -0.05) is 42.0 Å². The molecule has 0 aromatic heterocycles. The average Bonchev–Trinajstić information content (AvgIpc) is 3.11. The SMILES string of the molecule is Cc1cccc(COc2ccc(C(O)=C3C(=O)C(=O)N(CCN(C)C)[C@@H]3c3ccc(O)cc3)cc2)c1. The van der Waals surface area contributed by atoms with Crippen LogP contribution in [0.25, 0.3) is 5.76 Å². The van der Waals surface area contributed by atoms with Gasteiger partial charge in [-0.3, -0.25) is 9.59 Å². The number of phenolic OH excluding ortho intramolecular Hbond substituents is 1. The maximum atomic E-state index is 13.1. The molecule has 186 valence electrons. The normalized spacial score (nSPS) is 17.1. The summed E-state index contributed by atoms with van der Waals surface area (Å²) in [5.41, 5.74) is 3.27. The molecule has 1 fully saturated rings. The summed E-state index contributed by atoms with van der Waals surface area (Å²) in [6.45, 7) is 3.29. The Morgan fingerprint density at radius 1 is 1.00 bits per heavy atom. The number of rotatable bonds is 8. The van der Waals surface area contributed by atoms with E-state index in [1.54, 1.807) is 36.4 Å². The number of nitrogens with zero attached hydrogens (tertiary/aromatic N) is 2. The fraction of sp³-hybridized carbons (Fsp3) is 0.241. The van der Waals surface area contributed by atoms with Crippen LogP contribution in [-0.4, -0.2) is 58.9 Å². The Kier molecular flexibility index (Phi) is 7.41. The van der Waals surface area contributed by atoms with E-state index in [4.69, 9.17) is 4.74 Å². The van der Waals surface area contributed by atoms with E-state index in [2.05, 4.69) is 6.07 Å². The number of carbonyl (C=O) groups is 2. The van der Waals surface area contributed by atoms with Gasteiger partial charge in [-0.15, -0.1) is 0 Å². The van der Waals surface area contributed by atoms with Crippen LogP contribution in [0.15, 0.2) is 78.4 Å². The van der Waals surface area contributed by atoms with E-state index in [-0.39, 0.29) is 17.1 Å². The lowest BCUT2D eigenvalue weighted by Crippen LogP contribution is -2.35. The van der Waals surface area contributed by atoms with Crippen LogP contribution in [0, 0.1) is 6.92 Å². The molecule has 0 bridgehead atoms. The number of hydrogen-bond donors (Lipinski definition) is 2. The van der Waals surface area contributed by atoms with Crippen molar-refractivity contribution < 1.29 is 24.5 Å². The molecular weight excluding hydrogens is 456 g/mol. The van der Waals surface area contributed by atoms with E-state index in [0.717, 1.165) is 11.1 Å². The van der Waals surface area contributed by atoms with Gasteiger partial charge in [-0.05, 0) is 68.5 Å². The molecule has 4 rings (SSSR count). The van der Waals surface area contributed by atoms with Crippen LogP contribution in [0.2, 0.25) is 0 Å². The number of ketones is 1. The summed E-state index contributed by atoms with van der Waals surface area (Å²) in [7, 11) is 3.77. The molecule has 36 heavy (non-hydrogen) atoms. The number of carbonyl (C=O) groups excluding carboxylic acids is 2. The van der Waals surface area contributed by atoms with Gasteiger partial charge in [0.15, 0.2) is 0 Å². The van der Waals surface area contributed by atoms with Crippen molar-refractivity contribution in [2.45, 2.75) is 19.6 Å². The first-order chi connectivity index (χ1) is 17.2. The van der Waals surface area contributed by atoms with Crippen LogP contribution in [-0.2, 0) is 16.2 Å². The predicted octanol–water partition coefficient (Wildman–Crippen LogP) is 4.26. The second kappa shape index (κ2) is 10.7. The summed E-state index contributed by atoms with van der Waals surface area (Å²) in [6.07, 6.45) is 0. The zero-order valence-electron chi connectivity index (χ0n) is 20.6. The molecule has 1 aliphatic heterocycles. The van der Waals surface area contributed by atoms with E-state index in [9.17, 15) is 19.8 Å². The summed E-state index contributed by atoms with van der Waals surface area (Å²) < 4.78 is 5.86. The number of amides is 1. The number of benzene rings is 3. The molecule has 2 N–H and O–H groups in total. The minimum absolute atomic E-state index is 0.0258. The largest absolute Gasteiger partial charge is 0.508 e. The van der Waals surface area contributed by atoms with Gasteiger partial charge in [0, 0.05) is 18.7 Å². The molecule has 1 aliphatic rings. The van der Waals surface area contributed by atoms with Crippen molar-refractivity contribution in [3.8, 4) is 11.5 Å². The Labute approximate surface area is 210 Å². The highest BCUT2D eigenvalue weighted by molar-refractivity contribution is 6.46. The van der Waals surface area contributed by atoms with Crippen LogP contribution >= 0.6 is 0 Å². The fourth-order valence-corrected chi connectivity index (χ4v) is 4.25. The minimum Gasteiger partial charge on any atom is -0.508 e. The first kappa shape index (κ1) is 25.0. The summed E-state index contributed by atoms with van der Waals surface area (Å²) in [5, 5.41) is 20.9. The number of aromatic hydroxyl groups is 1. The van der Waals surface area contributed by atoms with Gasteiger partial charge in [0.1, 0.15) is 23.9 Å². The van der Waals surface area contributed by atoms with E-state index in [0.29, 0.717) is 36.6 Å². The van der Waals surface area contributed by atoms with Crippen molar-refractivity contribution in [2.75, 3.05) is 27.2 Å². The monoisotopic (exact) mass is 486 g/mol. The zero-order valence-corrected chi connectivity index (χ0v) is 20.6. The number of aliphatic hydroxyl groups is 1. The lowest BCUT2D eigenvalue weighted by atomic mass is 9.95. The summed E-state index contributed by atoms with van der Waals surface area (Å²) in [4.78, 5) is 29.4. The van der Waals surface area contributed by atoms with Crippen molar-refractivity contribution in [3.63, 3.8) is 0 Å². The first-order valence-corrected chi connectivity index (χ1v) is 11.8. The van der Waals surface area contributed by atoms with Crippen LogP contribution in [0.1, 0.15) is 28.3 Å². The molecule has 3 aromatic carbocycles. The van der Waals surface area contributed by atoms with E-state index in [1.807, 2.05) is 44.1 Å². The molecule has 0 saturated carbocycles. The molecule has 0 aliphatic carbocycles. The van der Waals surface area contributed by atoms with Gasteiger partial charge >= 0.3 is 0 Å². The summed E-state index contributed by atoms with van der Waals surface area (Å²) in [6, 6.07) is 20.4. The van der Waals surface area contributed by atoms with E-state index < -0.39 is 17.7 Å². The van der Waals surface area contributed by atoms with Gasteiger partial charge in [-0.25, -0.2) is 0 Å². The number of hydrogen-bond acceptors (Lipinski definition) is 6. The van der Waals surface area contributed by atoms with Gasteiger partial charge in [0.2, 0.25) is 0 Å². The van der Waals surface area contributed by atoms with Gasteiger partial charge in [0.05, 0.1) is 11.6 Å². The van der Waals surface area contributed by atoms with Gasteiger partial charge < -0.3 is 24.7 Å². The van der Waals surface area contributed by atoms with E-state index in [1.165, 1.54) is 17.0 Å². The molecular formula is C29H30N2O5. The van der Waals surface area contributed by atoms with Crippen LogP contribution in [0.4, 0.5) is 0 Å². The number of likely N-dealkylation sites (tertiary alicyclic amines) is 1.